The Morgan fingerprint density at radius 1 is 1.57 bits per heavy atom. The molecule has 0 fully saturated rings. The molecule has 21 heavy (non-hydrogen) atoms. The number of hydrogen-bond acceptors (Lipinski definition) is 4. The lowest BCUT2D eigenvalue weighted by atomic mass is 10.3. The molecule has 1 unspecified atom stereocenters. The van der Waals surface area contributed by atoms with Crippen LogP contribution in [-0.2, 0) is 4.79 Å². The maximum atomic E-state index is 12.2. The number of carbonyl (C=O) groups is 1. The Bertz CT molecular complexity index is 617. The lowest BCUT2D eigenvalue weighted by molar-refractivity contribution is -0.118. The lowest BCUT2D eigenvalue weighted by Gasteiger charge is -2.17. The Hall–Kier alpha value is -1.53. The zero-order valence-corrected chi connectivity index (χ0v) is 13.7. The molecule has 0 bridgehead atoms. The number of carbonyl (C=O) groups excluding carboxylic acids is 1. The first kappa shape index (κ1) is 15.9. The van der Waals surface area contributed by atoms with E-state index in [-0.39, 0.29) is 11.2 Å². The molecular formula is C14H17ClN4OS. The second kappa shape index (κ2) is 6.95. The number of pyridine rings is 1. The summed E-state index contributed by atoms with van der Waals surface area (Å²) in [5.41, 5.74) is 1.39. The second-order valence-corrected chi connectivity index (χ2v) is 6.30. The lowest BCUT2D eigenvalue weighted by Crippen LogP contribution is -2.28. The van der Waals surface area contributed by atoms with Gasteiger partial charge in [-0.2, -0.15) is 16.9 Å². The van der Waals surface area contributed by atoms with Crippen molar-refractivity contribution in [3.63, 3.8) is 0 Å². The third-order valence-electron chi connectivity index (χ3n) is 3.16. The van der Waals surface area contributed by atoms with Crippen LogP contribution in [0.1, 0.15) is 13.3 Å². The van der Waals surface area contributed by atoms with E-state index in [0.29, 0.717) is 17.3 Å². The first-order valence-electron chi connectivity index (χ1n) is 6.48. The Morgan fingerprint density at radius 2 is 2.33 bits per heavy atom. The van der Waals surface area contributed by atoms with Gasteiger partial charge in [0.2, 0.25) is 5.91 Å². The molecular weight excluding hydrogens is 308 g/mol. The predicted octanol–water partition coefficient (Wildman–Crippen LogP) is 3.03. The molecule has 7 heteroatoms. The van der Waals surface area contributed by atoms with E-state index in [0.717, 1.165) is 5.69 Å². The Labute approximate surface area is 133 Å². The van der Waals surface area contributed by atoms with Gasteiger partial charge >= 0.3 is 0 Å². The molecule has 2 rings (SSSR count). The molecule has 0 aliphatic heterocycles. The summed E-state index contributed by atoms with van der Waals surface area (Å²) in [4.78, 5) is 17.8. The number of amides is 1. The predicted molar refractivity (Wildman–Crippen MR) is 87.4 cm³/mol. The first-order valence-corrected chi connectivity index (χ1v) is 8.14. The smallest absolute Gasteiger partial charge is 0.227 e. The molecule has 112 valence electrons. The van der Waals surface area contributed by atoms with E-state index in [1.807, 2.05) is 25.3 Å². The van der Waals surface area contributed by atoms with Crippen LogP contribution in [0.3, 0.4) is 0 Å². The number of nitrogens with zero attached hydrogens (tertiary/aromatic N) is 4. The van der Waals surface area contributed by atoms with Crippen molar-refractivity contribution in [2.45, 2.75) is 18.6 Å². The number of aromatic nitrogens is 3. The van der Waals surface area contributed by atoms with Gasteiger partial charge in [0, 0.05) is 24.9 Å². The van der Waals surface area contributed by atoms with Gasteiger partial charge in [-0.05, 0) is 18.4 Å². The Kier molecular flexibility index (Phi) is 5.25. The van der Waals surface area contributed by atoms with Gasteiger partial charge in [0.1, 0.15) is 5.69 Å². The minimum Gasteiger partial charge on any atom is -0.311 e. The summed E-state index contributed by atoms with van der Waals surface area (Å²) < 4.78 is 1.62. The van der Waals surface area contributed by atoms with Crippen molar-refractivity contribution >= 4 is 35.0 Å². The molecule has 5 nitrogen and oxygen atoms in total. The number of rotatable bonds is 5. The fourth-order valence-electron chi connectivity index (χ4n) is 1.79. The Morgan fingerprint density at radius 3 is 2.95 bits per heavy atom. The fourth-order valence-corrected chi connectivity index (χ4v) is 2.36. The molecule has 0 N–H and O–H groups in total. The monoisotopic (exact) mass is 324 g/mol. The van der Waals surface area contributed by atoms with Gasteiger partial charge in [-0.1, -0.05) is 18.5 Å². The number of thioether (sulfide) groups is 1. The van der Waals surface area contributed by atoms with E-state index in [1.54, 1.807) is 47.0 Å². The van der Waals surface area contributed by atoms with Gasteiger partial charge in [0.05, 0.1) is 18.1 Å². The molecule has 0 saturated heterocycles. The van der Waals surface area contributed by atoms with E-state index in [2.05, 4.69) is 10.1 Å². The summed E-state index contributed by atoms with van der Waals surface area (Å²) in [6, 6.07) is 3.69. The Balaban J connectivity index is 2.21. The number of halogens is 1. The summed E-state index contributed by atoms with van der Waals surface area (Å²) in [6.45, 7) is 2.02. The standard InChI is InChI=1S/C14H17ClN4OS/c1-10(21-3)7-13(20)18(2)12-9-19(17-14(12)15)11-5-4-6-16-8-11/h4-6,8-10H,7H2,1-3H3. The molecule has 2 aromatic rings. The highest BCUT2D eigenvalue weighted by Crippen LogP contribution is 2.26. The molecule has 1 amide bonds. The van der Waals surface area contributed by atoms with Crippen molar-refractivity contribution in [2.24, 2.45) is 0 Å². The minimum absolute atomic E-state index is 0.0180. The van der Waals surface area contributed by atoms with Gasteiger partial charge in [-0.25, -0.2) is 4.68 Å². The van der Waals surface area contributed by atoms with E-state index in [4.69, 9.17) is 11.6 Å². The van der Waals surface area contributed by atoms with Crippen LogP contribution in [0.15, 0.2) is 30.7 Å². The maximum absolute atomic E-state index is 12.2. The van der Waals surface area contributed by atoms with E-state index in [9.17, 15) is 4.79 Å². The molecule has 0 aliphatic rings. The zero-order valence-electron chi connectivity index (χ0n) is 12.2. The number of hydrogen-bond donors (Lipinski definition) is 0. The summed E-state index contributed by atoms with van der Waals surface area (Å²) >= 11 is 7.82. The highest BCUT2D eigenvalue weighted by atomic mass is 35.5. The van der Waals surface area contributed by atoms with Gasteiger partial charge < -0.3 is 4.90 Å². The molecule has 0 aliphatic carbocycles. The van der Waals surface area contributed by atoms with Gasteiger partial charge in [0.25, 0.3) is 0 Å². The normalized spacial score (nSPS) is 12.2. The molecule has 2 heterocycles. The van der Waals surface area contributed by atoms with Crippen LogP contribution in [0.4, 0.5) is 5.69 Å². The van der Waals surface area contributed by atoms with Crippen molar-refractivity contribution in [2.75, 3.05) is 18.2 Å². The molecule has 0 spiro atoms. The average Bonchev–Trinajstić information content (AvgIpc) is 2.89. The molecule has 0 saturated carbocycles. The highest BCUT2D eigenvalue weighted by molar-refractivity contribution is 7.99. The van der Waals surface area contributed by atoms with Crippen LogP contribution in [0.25, 0.3) is 5.69 Å². The second-order valence-electron chi connectivity index (χ2n) is 4.66. The summed E-state index contributed by atoms with van der Waals surface area (Å²) in [5, 5.41) is 4.79. The third-order valence-corrected chi connectivity index (χ3v) is 4.40. The van der Waals surface area contributed by atoms with Crippen LogP contribution in [0, 0.1) is 0 Å². The van der Waals surface area contributed by atoms with Crippen molar-refractivity contribution in [1.82, 2.24) is 14.8 Å². The van der Waals surface area contributed by atoms with Crippen molar-refractivity contribution in [1.29, 1.82) is 0 Å². The highest BCUT2D eigenvalue weighted by Gasteiger charge is 2.19. The molecule has 0 aromatic carbocycles. The molecule has 1 atom stereocenters. The van der Waals surface area contributed by atoms with E-state index in [1.165, 1.54) is 0 Å². The quantitative estimate of drug-likeness (QED) is 0.848. The van der Waals surface area contributed by atoms with Crippen molar-refractivity contribution in [3.8, 4) is 5.69 Å². The van der Waals surface area contributed by atoms with Crippen LogP contribution in [0.2, 0.25) is 5.15 Å². The van der Waals surface area contributed by atoms with Crippen LogP contribution in [0.5, 0.6) is 0 Å². The molecule has 0 radical (unpaired) electrons. The van der Waals surface area contributed by atoms with Gasteiger partial charge in [-0.15, -0.1) is 0 Å². The SMILES string of the molecule is CSC(C)CC(=O)N(C)c1cn(-c2cccnc2)nc1Cl. The maximum Gasteiger partial charge on any atom is 0.227 e. The minimum atomic E-state index is 0.0180. The van der Waals surface area contributed by atoms with Gasteiger partial charge in [-0.3, -0.25) is 9.78 Å². The van der Waals surface area contributed by atoms with Crippen molar-refractivity contribution < 1.29 is 4.79 Å². The first-order chi connectivity index (χ1) is 10.0. The zero-order chi connectivity index (χ0) is 15.4. The average molecular weight is 325 g/mol. The topological polar surface area (TPSA) is 51.0 Å². The van der Waals surface area contributed by atoms with E-state index >= 15 is 0 Å². The molecule has 2 aromatic heterocycles. The third kappa shape index (κ3) is 3.77. The van der Waals surface area contributed by atoms with Gasteiger partial charge in [0.15, 0.2) is 5.15 Å². The summed E-state index contributed by atoms with van der Waals surface area (Å²) in [6.07, 6.45) is 7.57. The van der Waals surface area contributed by atoms with Crippen LogP contribution in [-0.4, -0.2) is 39.2 Å². The summed E-state index contributed by atoms with van der Waals surface area (Å²) in [7, 11) is 1.71. The van der Waals surface area contributed by atoms with Crippen molar-refractivity contribution in [3.05, 3.63) is 35.9 Å². The fraction of sp³-hybridized carbons (Fsp3) is 0.357. The van der Waals surface area contributed by atoms with Crippen LogP contribution >= 0.6 is 23.4 Å². The largest absolute Gasteiger partial charge is 0.311 e. The summed E-state index contributed by atoms with van der Waals surface area (Å²) in [5.74, 6) is 0.0180. The van der Waals surface area contributed by atoms with E-state index < -0.39 is 0 Å². The van der Waals surface area contributed by atoms with Crippen LogP contribution < -0.4 is 4.90 Å². The number of anilines is 1.